The second kappa shape index (κ2) is 5.53. The second-order valence-corrected chi connectivity index (χ2v) is 4.10. The van der Waals surface area contributed by atoms with Gasteiger partial charge in [0.2, 0.25) is 0 Å². The van der Waals surface area contributed by atoms with E-state index in [1.54, 1.807) is 0 Å². The topological polar surface area (TPSA) is 45.4 Å². The lowest BCUT2D eigenvalue weighted by molar-refractivity contribution is 0.225. The first-order valence-electron chi connectivity index (χ1n) is 4.79. The molecule has 80 valence electrons. The lowest BCUT2D eigenvalue weighted by Gasteiger charge is -2.18. The molecule has 0 amide bonds. The Balaban J connectivity index is 2.53. The van der Waals surface area contributed by atoms with Crippen molar-refractivity contribution in [3.8, 4) is 0 Å². The normalized spacial score (nSPS) is 15.4. The van der Waals surface area contributed by atoms with Crippen molar-refractivity contribution in [2.24, 2.45) is 0 Å². The summed E-state index contributed by atoms with van der Waals surface area (Å²) in [5.74, 6) is 0.878. The van der Waals surface area contributed by atoms with Gasteiger partial charge in [0.05, 0.1) is 12.6 Å². The lowest BCUT2D eigenvalue weighted by Crippen LogP contribution is -2.33. The fraction of sp³-hybridized carbons (Fsp3) is 0.600. The number of aliphatic hydroxyl groups excluding tert-OH is 1. The highest BCUT2D eigenvalue weighted by Gasteiger charge is 2.13. The molecule has 0 aromatic carbocycles. The maximum Gasteiger partial charge on any atom is 0.169 e. The van der Waals surface area contributed by atoms with Gasteiger partial charge in [0.15, 0.2) is 4.67 Å². The van der Waals surface area contributed by atoms with Gasteiger partial charge in [-0.1, -0.05) is 6.92 Å². The van der Waals surface area contributed by atoms with E-state index in [1.165, 1.54) is 0 Å². The molecular weight excluding hydrogens is 246 g/mol. The first-order valence-corrected chi connectivity index (χ1v) is 5.58. The second-order valence-electron chi connectivity index (χ2n) is 3.32. The molecule has 0 aliphatic carbocycles. The zero-order valence-corrected chi connectivity index (χ0v) is 10.0. The predicted molar refractivity (Wildman–Crippen MR) is 59.1 cm³/mol. The minimum absolute atomic E-state index is 0.124. The highest BCUT2D eigenvalue weighted by Crippen LogP contribution is 2.20. The first-order chi connectivity index (χ1) is 6.67. The zero-order chi connectivity index (χ0) is 10.6. The van der Waals surface area contributed by atoms with E-state index in [4.69, 9.17) is 9.52 Å². The van der Waals surface area contributed by atoms with Crippen LogP contribution >= 0.6 is 15.9 Å². The number of hydrogen-bond acceptors (Lipinski definition) is 3. The van der Waals surface area contributed by atoms with Gasteiger partial charge < -0.3 is 14.8 Å². The summed E-state index contributed by atoms with van der Waals surface area (Å²) in [4.78, 5) is 0. The number of nitrogens with one attached hydrogen (secondary N) is 1. The third-order valence-electron chi connectivity index (χ3n) is 2.22. The SMILES string of the molecule is CC[C@@H](CO)NC(C)c1ccc(Br)o1. The van der Waals surface area contributed by atoms with Crippen LogP contribution in [0.4, 0.5) is 0 Å². The molecule has 1 aromatic heterocycles. The van der Waals surface area contributed by atoms with E-state index >= 15 is 0 Å². The van der Waals surface area contributed by atoms with E-state index in [2.05, 4.69) is 21.2 Å². The van der Waals surface area contributed by atoms with Crippen LogP contribution < -0.4 is 5.32 Å². The molecular formula is C10H16BrNO2. The standard InChI is InChI=1S/C10H16BrNO2/c1-3-8(6-13)12-7(2)9-4-5-10(11)14-9/h4-5,7-8,12-13H,3,6H2,1-2H3/t7?,8-/m0/s1. The van der Waals surface area contributed by atoms with Crippen molar-refractivity contribution in [1.82, 2.24) is 5.32 Å². The number of hydrogen-bond donors (Lipinski definition) is 2. The maximum absolute atomic E-state index is 9.02. The van der Waals surface area contributed by atoms with Gasteiger partial charge in [-0.2, -0.15) is 0 Å². The van der Waals surface area contributed by atoms with E-state index in [0.717, 1.165) is 16.9 Å². The molecule has 1 unspecified atom stereocenters. The Hall–Kier alpha value is -0.320. The maximum atomic E-state index is 9.02. The van der Waals surface area contributed by atoms with Gasteiger partial charge in [-0.05, 0) is 41.4 Å². The Bertz CT molecular complexity index is 271. The summed E-state index contributed by atoms with van der Waals surface area (Å²) in [7, 11) is 0. The Labute approximate surface area is 92.6 Å². The lowest BCUT2D eigenvalue weighted by atomic mass is 10.2. The Morgan fingerprint density at radius 3 is 2.71 bits per heavy atom. The van der Waals surface area contributed by atoms with Crippen LogP contribution in [-0.4, -0.2) is 17.8 Å². The molecule has 3 nitrogen and oxygen atoms in total. The molecule has 0 saturated heterocycles. The highest BCUT2D eigenvalue weighted by atomic mass is 79.9. The van der Waals surface area contributed by atoms with Crippen molar-refractivity contribution in [3.63, 3.8) is 0 Å². The summed E-state index contributed by atoms with van der Waals surface area (Å²) in [5.41, 5.74) is 0. The summed E-state index contributed by atoms with van der Waals surface area (Å²) in [6.45, 7) is 4.21. The van der Waals surface area contributed by atoms with Gasteiger partial charge in [0, 0.05) is 6.04 Å². The smallest absolute Gasteiger partial charge is 0.169 e. The molecule has 0 aliphatic heterocycles. The van der Waals surface area contributed by atoms with Crippen molar-refractivity contribution < 1.29 is 9.52 Å². The van der Waals surface area contributed by atoms with Gasteiger partial charge in [0.1, 0.15) is 5.76 Å². The number of aliphatic hydroxyl groups is 1. The van der Waals surface area contributed by atoms with Crippen LogP contribution in [-0.2, 0) is 0 Å². The molecule has 1 rings (SSSR count). The van der Waals surface area contributed by atoms with Crippen molar-refractivity contribution in [1.29, 1.82) is 0 Å². The third-order valence-corrected chi connectivity index (χ3v) is 2.65. The monoisotopic (exact) mass is 261 g/mol. The van der Waals surface area contributed by atoms with Crippen LogP contribution in [0.2, 0.25) is 0 Å². The summed E-state index contributed by atoms with van der Waals surface area (Å²) in [6, 6.07) is 4.05. The van der Waals surface area contributed by atoms with Crippen molar-refractivity contribution >= 4 is 15.9 Å². The van der Waals surface area contributed by atoms with Gasteiger partial charge in [0.25, 0.3) is 0 Å². The van der Waals surface area contributed by atoms with Gasteiger partial charge in [-0.3, -0.25) is 0 Å². The number of furan rings is 1. The average Bonchev–Trinajstić information content (AvgIpc) is 2.61. The van der Waals surface area contributed by atoms with Crippen LogP contribution in [0.25, 0.3) is 0 Å². The third kappa shape index (κ3) is 3.12. The minimum atomic E-state index is 0.124. The number of rotatable bonds is 5. The average molecular weight is 262 g/mol. The molecule has 0 spiro atoms. The summed E-state index contributed by atoms with van der Waals surface area (Å²) in [6.07, 6.45) is 0.905. The molecule has 14 heavy (non-hydrogen) atoms. The predicted octanol–water partition coefficient (Wildman–Crippen LogP) is 2.46. The zero-order valence-electron chi connectivity index (χ0n) is 8.46. The molecule has 0 bridgehead atoms. The molecule has 2 atom stereocenters. The molecule has 0 radical (unpaired) electrons. The molecule has 4 heteroatoms. The summed E-state index contributed by atoms with van der Waals surface area (Å²) in [5, 5.41) is 12.3. The molecule has 0 saturated carbocycles. The van der Waals surface area contributed by atoms with Gasteiger partial charge >= 0.3 is 0 Å². The van der Waals surface area contributed by atoms with E-state index in [9.17, 15) is 0 Å². The van der Waals surface area contributed by atoms with E-state index < -0.39 is 0 Å². The quantitative estimate of drug-likeness (QED) is 0.856. The Morgan fingerprint density at radius 2 is 2.29 bits per heavy atom. The fourth-order valence-electron chi connectivity index (χ4n) is 1.30. The Kier molecular flexibility index (Phi) is 4.65. The molecule has 1 heterocycles. The minimum Gasteiger partial charge on any atom is -0.453 e. The Morgan fingerprint density at radius 1 is 1.57 bits per heavy atom. The van der Waals surface area contributed by atoms with Gasteiger partial charge in [-0.25, -0.2) is 0 Å². The summed E-state index contributed by atoms with van der Waals surface area (Å²) >= 11 is 3.26. The van der Waals surface area contributed by atoms with Gasteiger partial charge in [-0.15, -0.1) is 0 Å². The van der Waals surface area contributed by atoms with Crippen LogP contribution in [0.15, 0.2) is 21.2 Å². The van der Waals surface area contributed by atoms with E-state index in [0.29, 0.717) is 0 Å². The van der Waals surface area contributed by atoms with Crippen molar-refractivity contribution in [2.45, 2.75) is 32.4 Å². The molecule has 0 aliphatic rings. The highest BCUT2D eigenvalue weighted by molar-refractivity contribution is 9.10. The van der Waals surface area contributed by atoms with Crippen LogP contribution in [0.5, 0.6) is 0 Å². The van der Waals surface area contributed by atoms with Crippen LogP contribution in [0.3, 0.4) is 0 Å². The fourth-order valence-corrected chi connectivity index (χ4v) is 1.62. The van der Waals surface area contributed by atoms with Crippen molar-refractivity contribution in [3.05, 3.63) is 22.6 Å². The molecule has 1 aromatic rings. The van der Waals surface area contributed by atoms with E-state index in [-0.39, 0.29) is 18.7 Å². The largest absolute Gasteiger partial charge is 0.453 e. The first kappa shape index (κ1) is 11.8. The van der Waals surface area contributed by atoms with E-state index in [1.807, 2.05) is 26.0 Å². The van der Waals surface area contributed by atoms with Crippen LogP contribution in [0, 0.1) is 0 Å². The van der Waals surface area contributed by atoms with Crippen molar-refractivity contribution in [2.75, 3.05) is 6.61 Å². The number of halogens is 1. The molecule has 0 fully saturated rings. The summed E-state index contributed by atoms with van der Waals surface area (Å²) < 4.78 is 6.14. The van der Waals surface area contributed by atoms with Crippen LogP contribution in [0.1, 0.15) is 32.1 Å². The molecule has 2 N–H and O–H groups in total.